The Hall–Kier alpha value is -0.900. The van der Waals surface area contributed by atoms with Gasteiger partial charge >= 0.3 is 0 Å². The van der Waals surface area contributed by atoms with Crippen LogP contribution in [0.1, 0.15) is 32.3 Å². The minimum atomic E-state index is -0.0845. The molecule has 0 spiro atoms. The molecule has 0 aliphatic carbocycles. The second-order valence-corrected chi connectivity index (χ2v) is 5.41. The van der Waals surface area contributed by atoms with Gasteiger partial charge in [0.05, 0.1) is 5.60 Å². The van der Waals surface area contributed by atoms with Crippen molar-refractivity contribution in [3.63, 3.8) is 0 Å². The zero-order valence-electron chi connectivity index (χ0n) is 12.7. The molecule has 3 heteroatoms. The highest BCUT2D eigenvalue weighted by Crippen LogP contribution is 2.31. The summed E-state index contributed by atoms with van der Waals surface area (Å²) in [6.45, 7) is 7.58. The first kappa shape index (κ1) is 15.5. The molecule has 0 amide bonds. The van der Waals surface area contributed by atoms with Crippen molar-refractivity contribution in [1.29, 1.82) is 0 Å². The van der Waals surface area contributed by atoms with E-state index in [0.29, 0.717) is 6.04 Å². The second-order valence-electron chi connectivity index (χ2n) is 5.41. The summed E-state index contributed by atoms with van der Waals surface area (Å²) in [7, 11) is 0. The molecular formula is C17H27NO2. The van der Waals surface area contributed by atoms with Crippen LogP contribution in [-0.2, 0) is 15.9 Å². The molecule has 20 heavy (non-hydrogen) atoms. The average Bonchev–Trinajstić information content (AvgIpc) is 2.49. The number of rotatable bonds is 7. The summed E-state index contributed by atoms with van der Waals surface area (Å²) >= 11 is 0. The molecule has 1 heterocycles. The highest BCUT2D eigenvalue weighted by molar-refractivity contribution is 5.17. The highest BCUT2D eigenvalue weighted by Gasteiger charge is 2.40. The first-order valence-corrected chi connectivity index (χ1v) is 7.79. The summed E-state index contributed by atoms with van der Waals surface area (Å²) in [5, 5.41) is 3.65. The molecule has 0 bridgehead atoms. The van der Waals surface area contributed by atoms with E-state index in [1.165, 1.54) is 5.56 Å². The number of nitrogens with one attached hydrogen (secondary N) is 1. The molecule has 1 aliphatic heterocycles. The Bertz CT molecular complexity index is 368. The minimum Gasteiger partial charge on any atom is -0.381 e. The van der Waals surface area contributed by atoms with E-state index in [-0.39, 0.29) is 5.60 Å². The van der Waals surface area contributed by atoms with Gasteiger partial charge < -0.3 is 14.8 Å². The molecular weight excluding hydrogens is 250 g/mol. The highest BCUT2D eigenvalue weighted by atomic mass is 16.5. The maximum absolute atomic E-state index is 6.21. The standard InChI is InChI=1S/C17H27NO2/c1-3-18-16(14-15-8-6-5-7-9-15)17(20-4-2)10-12-19-13-11-17/h5-9,16,18H,3-4,10-14H2,1-2H3. The van der Waals surface area contributed by atoms with Crippen molar-refractivity contribution >= 4 is 0 Å². The zero-order valence-corrected chi connectivity index (χ0v) is 12.7. The normalized spacial score (nSPS) is 19.7. The molecule has 1 atom stereocenters. The van der Waals surface area contributed by atoms with Crippen molar-refractivity contribution in [2.24, 2.45) is 0 Å². The Morgan fingerprint density at radius 1 is 1.20 bits per heavy atom. The van der Waals surface area contributed by atoms with Crippen LogP contribution < -0.4 is 5.32 Å². The van der Waals surface area contributed by atoms with Gasteiger partial charge in [-0.3, -0.25) is 0 Å². The minimum absolute atomic E-state index is 0.0845. The zero-order chi connectivity index (χ0) is 14.3. The van der Waals surface area contributed by atoms with Crippen LogP contribution in [0.15, 0.2) is 30.3 Å². The van der Waals surface area contributed by atoms with Gasteiger partial charge in [-0.1, -0.05) is 37.3 Å². The number of benzene rings is 1. The largest absolute Gasteiger partial charge is 0.381 e. The molecule has 0 radical (unpaired) electrons. The number of hydrogen-bond donors (Lipinski definition) is 1. The van der Waals surface area contributed by atoms with Crippen LogP contribution in [0, 0.1) is 0 Å². The van der Waals surface area contributed by atoms with E-state index in [1.54, 1.807) is 0 Å². The van der Waals surface area contributed by atoms with Crippen LogP contribution in [0.4, 0.5) is 0 Å². The first-order valence-electron chi connectivity index (χ1n) is 7.79. The van der Waals surface area contributed by atoms with E-state index in [1.807, 2.05) is 0 Å². The van der Waals surface area contributed by atoms with E-state index in [4.69, 9.17) is 9.47 Å². The monoisotopic (exact) mass is 277 g/mol. The number of ether oxygens (including phenoxy) is 2. The van der Waals surface area contributed by atoms with Gasteiger partial charge in [-0.05, 0) is 25.5 Å². The predicted molar refractivity (Wildman–Crippen MR) is 82.0 cm³/mol. The maximum Gasteiger partial charge on any atom is 0.0881 e. The van der Waals surface area contributed by atoms with Gasteiger partial charge in [-0.25, -0.2) is 0 Å². The van der Waals surface area contributed by atoms with E-state index in [2.05, 4.69) is 49.5 Å². The van der Waals surface area contributed by atoms with Crippen LogP contribution in [0.5, 0.6) is 0 Å². The number of likely N-dealkylation sites (N-methyl/N-ethyl adjacent to an activating group) is 1. The lowest BCUT2D eigenvalue weighted by atomic mass is 9.82. The van der Waals surface area contributed by atoms with Crippen molar-refractivity contribution in [3.8, 4) is 0 Å². The molecule has 2 rings (SSSR count). The molecule has 0 aromatic heterocycles. The summed E-state index contributed by atoms with van der Waals surface area (Å²) < 4.78 is 11.8. The first-order chi connectivity index (χ1) is 9.80. The average molecular weight is 277 g/mol. The summed E-state index contributed by atoms with van der Waals surface area (Å²) in [6.07, 6.45) is 2.96. The molecule has 1 aromatic carbocycles. The molecule has 1 saturated heterocycles. The Kier molecular flexibility index (Phi) is 6.02. The van der Waals surface area contributed by atoms with E-state index >= 15 is 0 Å². The molecule has 1 unspecified atom stereocenters. The van der Waals surface area contributed by atoms with E-state index < -0.39 is 0 Å². The van der Waals surface area contributed by atoms with Gasteiger partial charge in [0.15, 0.2) is 0 Å². The fourth-order valence-corrected chi connectivity index (χ4v) is 3.14. The quantitative estimate of drug-likeness (QED) is 0.831. The van der Waals surface area contributed by atoms with E-state index in [9.17, 15) is 0 Å². The van der Waals surface area contributed by atoms with Gasteiger partial charge in [0.1, 0.15) is 0 Å². The second kappa shape index (κ2) is 7.77. The summed E-state index contributed by atoms with van der Waals surface area (Å²) in [5.41, 5.74) is 1.28. The fraction of sp³-hybridized carbons (Fsp3) is 0.647. The van der Waals surface area contributed by atoms with Crippen molar-refractivity contribution in [2.75, 3.05) is 26.4 Å². The Morgan fingerprint density at radius 3 is 2.50 bits per heavy atom. The topological polar surface area (TPSA) is 30.5 Å². The van der Waals surface area contributed by atoms with Crippen LogP contribution in [-0.4, -0.2) is 38.0 Å². The lowest BCUT2D eigenvalue weighted by Crippen LogP contribution is -2.56. The van der Waals surface area contributed by atoms with Crippen LogP contribution >= 0.6 is 0 Å². The Balaban J connectivity index is 2.15. The third-order valence-electron chi connectivity index (χ3n) is 4.14. The third kappa shape index (κ3) is 3.81. The fourth-order valence-electron chi connectivity index (χ4n) is 3.14. The summed E-state index contributed by atoms with van der Waals surface area (Å²) in [5.74, 6) is 0. The molecule has 1 aromatic rings. The van der Waals surface area contributed by atoms with Crippen molar-refractivity contribution < 1.29 is 9.47 Å². The molecule has 0 saturated carbocycles. The Labute approximate surface area is 122 Å². The van der Waals surface area contributed by atoms with Crippen LogP contribution in [0.2, 0.25) is 0 Å². The summed E-state index contributed by atoms with van der Waals surface area (Å²) in [4.78, 5) is 0. The van der Waals surface area contributed by atoms with Crippen LogP contribution in [0.25, 0.3) is 0 Å². The Morgan fingerprint density at radius 2 is 1.90 bits per heavy atom. The van der Waals surface area contributed by atoms with Gasteiger partial charge in [-0.15, -0.1) is 0 Å². The lowest BCUT2D eigenvalue weighted by molar-refractivity contribution is -0.126. The van der Waals surface area contributed by atoms with Crippen LogP contribution in [0.3, 0.4) is 0 Å². The molecule has 3 nitrogen and oxygen atoms in total. The third-order valence-corrected chi connectivity index (χ3v) is 4.14. The van der Waals surface area contributed by atoms with Crippen molar-refractivity contribution in [3.05, 3.63) is 35.9 Å². The predicted octanol–water partition coefficient (Wildman–Crippen LogP) is 2.79. The molecule has 112 valence electrons. The van der Waals surface area contributed by atoms with E-state index in [0.717, 1.165) is 45.6 Å². The van der Waals surface area contributed by atoms with Crippen molar-refractivity contribution in [2.45, 2.75) is 44.8 Å². The summed E-state index contributed by atoms with van der Waals surface area (Å²) in [6, 6.07) is 11.0. The van der Waals surface area contributed by atoms with Crippen molar-refractivity contribution in [1.82, 2.24) is 5.32 Å². The maximum atomic E-state index is 6.21. The number of hydrogen-bond acceptors (Lipinski definition) is 3. The molecule has 1 fully saturated rings. The SMILES string of the molecule is CCNC(Cc1ccccc1)C1(OCC)CCOCC1. The smallest absolute Gasteiger partial charge is 0.0881 e. The molecule has 1 aliphatic rings. The van der Waals surface area contributed by atoms with Gasteiger partial charge in [0.25, 0.3) is 0 Å². The van der Waals surface area contributed by atoms with Gasteiger partial charge in [0.2, 0.25) is 0 Å². The molecule has 1 N–H and O–H groups in total. The lowest BCUT2D eigenvalue weighted by Gasteiger charge is -2.43. The van der Waals surface area contributed by atoms with Gasteiger partial charge in [-0.2, -0.15) is 0 Å². The van der Waals surface area contributed by atoms with Gasteiger partial charge in [0, 0.05) is 38.7 Å².